The zero-order valence-electron chi connectivity index (χ0n) is 8.31. The van der Waals surface area contributed by atoms with E-state index < -0.39 is 7.44 Å². The van der Waals surface area contributed by atoms with Crippen LogP contribution >= 0.6 is 7.44 Å². The summed E-state index contributed by atoms with van der Waals surface area (Å²) in [5.74, 6) is 1.58. The zero-order valence-corrected chi connectivity index (χ0v) is 9.21. The third-order valence-electron chi connectivity index (χ3n) is 1.54. The van der Waals surface area contributed by atoms with E-state index in [0.717, 1.165) is 0 Å². The minimum atomic E-state index is -2.52. The third kappa shape index (κ3) is 2.63. The van der Waals surface area contributed by atoms with Crippen LogP contribution in [0, 0.1) is 0 Å². The van der Waals surface area contributed by atoms with Gasteiger partial charge in [-0.15, -0.1) is 0 Å². The van der Waals surface area contributed by atoms with Crippen molar-refractivity contribution in [1.29, 1.82) is 0 Å². The van der Waals surface area contributed by atoms with Gasteiger partial charge in [-0.1, -0.05) is 0 Å². The van der Waals surface area contributed by atoms with Crippen LogP contribution in [0.5, 0.6) is 0 Å². The monoisotopic (exact) mass is 192 g/mol. The number of methoxy groups -OCH3 is 1. The predicted molar refractivity (Wildman–Crippen MR) is 51.1 cm³/mol. The normalized spacial score (nSPS) is 13.2. The Hall–Kier alpha value is -0.310. The van der Waals surface area contributed by atoms with Crippen molar-refractivity contribution in [3.8, 4) is 0 Å². The molecule has 0 aromatic carbocycles. The highest BCUT2D eigenvalue weighted by Gasteiger charge is 2.24. The Bertz CT molecular complexity index is 190. The minimum absolute atomic E-state index is 1.45. The van der Waals surface area contributed by atoms with E-state index in [-0.39, 0.29) is 0 Å². The lowest BCUT2D eigenvalue weighted by Gasteiger charge is -2.27. The van der Waals surface area contributed by atoms with E-state index in [9.17, 15) is 4.57 Å². The van der Waals surface area contributed by atoms with Gasteiger partial charge in [0.25, 0.3) is 0 Å². The second-order valence-electron chi connectivity index (χ2n) is 2.80. The molecular formula is C7H17N2O2P. The van der Waals surface area contributed by atoms with Gasteiger partial charge in [-0.25, -0.2) is 9.34 Å². The second-order valence-corrected chi connectivity index (χ2v) is 5.88. The maximum absolute atomic E-state index is 12.1. The van der Waals surface area contributed by atoms with E-state index in [1.807, 2.05) is 0 Å². The van der Waals surface area contributed by atoms with Gasteiger partial charge in [-0.2, -0.15) is 0 Å². The Morgan fingerprint density at radius 1 is 1.17 bits per heavy atom. The van der Waals surface area contributed by atoms with Crippen LogP contribution in [-0.4, -0.2) is 44.6 Å². The summed E-state index contributed by atoms with van der Waals surface area (Å²) in [6, 6.07) is 0. The Kier molecular flexibility index (Phi) is 4.53. The lowest BCUT2D eigenvalue weighted by molar-refractivity contribution is 0.337. The molecule has 0 unspecified atom stereocenters. The van der Waals surface area contributed by atoms with Crippen LogP contribution in [0.15, 0.2) is 12.1 Å². The first-order valence-corrected chi connectivity index (χ1v) is 5.29. The molecule has 0 aliphatic heterocycles. The molecule has 0 amide bonds. The average Bonchev–Trinajstić information content (AvgIpc) is 1.99. The number of ether oxygens (including phenoxy) is 1. The summed E-state index contributed by atoms with van der Waals surface area (Å²) in [4.78, 5) is 0. The SMILES string of the molecule is CO/C=C\P(=O)(N(C)C)N(C)C. The molecule has 0 saturated heterocycles. The van der Waals surface area contributed by atoms with Crippen LogP contribution < -0.4 is 0 Å². The molecular weight excluding hydrogens is 175 g/mol. The van der Waals surface area contributed by atoms with E-state index in [1.165, 1.54) is 13.4 Å². The topological polar surface area (TPSA) is 32.8 Å². The molecule has 0 aromatic heterocycles. The van der Waals surface area contributed by atoms with Crippen molar-refractivity contribution in [1.82, 2.24) is 9.34 Å². The lowest BCUT2D eigenvalue weighted by Crippen LogP contribution is -2.19. The van der Waals surface area contributed by atoms with Crippen LogP contribution in [0.1, 0.15) is 0 Å². The molecule has 0 N–H and O–H groups in total. The fraction of sp³-hybridized carbons (Fsp3) is 0.714. The fourth-order valence-electron chi connectivity index (χ4n) is 0.765. The van der Waals surface area contributed by atoms with E-state index in [2.05, 4.69) is 0 Å². The summed E-state index contributed by atoms with van der Waals surface area (Å²) in [5, 5.41) is 0. The number of rotatable bonds is 4. The first-order chi connectivity index (χ1) is 5.45. The van der Waals surface area contributed by atoms with Gasteiger partial charge < -0.3 is 4.74 Å². The molecule has 0 heterocycles. The van der Waals surface area contributed by atoms with Crippen LogP contribution in [-0.2, 0) is 9.30 Å². The molecule has 0 saturated carbocycles. The van der Waals surface area contributed by atoms with Gasteiger partial charge in [0.2, 0.25) is 7.44 Å². The van der Waals surface area contributed by atoms with Gasteiger partial charge >= 0.3 is 0 Å². The van der Waals surface area contributed by atoms with Crippen molar-refractivity contribution in [2.24, 2.45) is 0 Å². The summed E-state index contributed by atoms with van der Waals surface area (Å²) >= 11 is 0. The molecule has 72 valence electrons. The van der Waals surface area contributed by atoms with Gasteiger partial charge in [0.15, 0.2) is 0 Å². The maximum Gasteiger partial charge on any atom is 0.240 e. The summed E-state index contributed by atoms with van der Waals surface area (Å²) in [7, 11) is 6.13. The zero-order chi connectivity index (χ0) is 9.78. The van der Waals surface area contributed by atoms with Gasteiger partial charge in [-0.3, -0.25) is 4.57 Å². The van der Waals surface area contributed by atoms with Crippen LogP contribution in [0.2, 0.25) is 0 Å². The van der Waals surface area contributed by atoms with E-state index in [4.69, 9.17) is 4.74 Å². The third-order valence-corrected chi connectivity index (χ3v) is 4.34. The predicted octanol–water partition coefficient (Wildman–Crippen LogP) is 1.42. The molecule has 5 heteroatoms. The summed E-state index contributed by atoms with van der Waals surface area (Å²) in [5.41, 5.74) is 0. The van der Waals surface area contributed by atoms with Crippen molar-refractivity contribution in [2.75, 3.05) is 35.3 Å². The van der Waals surface area contributed by atoms with Crippen molar-refractivity contribution in [3.63, 3.8) is 0 Å². The molecule has 0 aliphatic carbocycles. The molecule has 0 fully saturated rings. The first-order valence-electron chi connectivity index (χ1n) is 3.61. The molecule has 0 aromatic rings. The molecule has 0 spiro atoms. The van der Waals surface area contributed by atoms with E-state index in [0.29, 0.717) is 0 Å². The maximum atomic E-state index is 12.1. The van der Waals surface area contributed by atoms with Crippen LogP contribution in [0.25, 0.3) is 0 Å². The smallest absolute Gasteiger partial charge is 0.240 e. The average molecular weight is 192 g/mol. The van der Waals surface area contributed by atoms with Crippen molar-refractivity contribution >= 4 is 7.44 Å². The summed E-state index contributed by atoms with van der Waals surface area (Å²) in [6.07, 6.45) is 1.45. The van der Waals surface area contributed by atoms with Crippen molar-refractivity contribution in [3.05, 3.63) is 12.1 Å². The molecule has 0 aliphatic rings. The highest BCUT2D eigenvalue weighted by atomic mass is 31.2. The van der Waals surface area contributed by atoms with E-state index >= 15 is 0 Å². The fourth-order valence-corrected chi connectivity index (χ4v) is 2.29. The van der Waals surface area contributed by atoms with Gasteiger partial charge in [0.05, 0.1) is 13.4 Å². The molecule has 12 heavy (non-hydrogen) atoms. The number of hydrogen-bond donors (Lipinski definition) is 0. The molecule has 0 atom stereocenters. The minimum Gasteiger partial charge on any atom is -0.504 e. The van der Waals surface area contributed by atoms with Crippen LogP contribution in [0.3, 0.4) is 0 Å². The highest BCUT2D eigenvalue weighted by molar-refractivity contribution is 7.62. The second kappa shape index (κ2) is 4.65. The molecule has 0 radical (unpaired) electrons. The van der Waals surface area contributed by atoms with Crippen molar-refractivity contribution in [2.45, 2.75) is 0 Å². The quantitative estimate of drug-likeness (QED) is 0.498. The Labute approximate surface area is 74.3 Å². The largest absolute Gasteiger partial charge is 0.504 e. The molecule has 0 rings (SSSR count). The first kappa shape index (κ1) is 11.7. The Morgan fingerprint density at radius 3 is 1.83 bits per heavy atom. The summed E-state index contributed by atoms with van der Waals surface area (Å²) < 4.78 is 20.2. The summed E-state index contributed by atoms with van der Waals surface area (Å²) in [6.45, 7) is 0. The number of nitrogens with zero attached hydrogens (tertiary/aromatic N) is 2. The highest BCUT2D eigenvalue weighted by Crippen LogP contribution is 2.50. The van der Waals surface area contributed by atoms with Gasteiger partial charge in [0, 0.05) is 5.82 Å². The Balaban J connectivity index is 4.64. The molecule has 0 bridgehead atoms. The number of hydrogen-bond acceptors (Lipinski definition) is 2. The van der Waals surface area contributed by atoms with Gasteiger partial charge in [-0.05, 0) is 28.2 Å². The Morgan fingerprint density at radius 2 is 1.58 bits per heavy atom. The standard InChI is InChI=1S/C7H17N2O2P/c1-8(2)12(10,9(3)4)7-6-11-5/h6-7H,1-5H3/b7-6-. The van der Waals surface area contributed by atoms with Gasteiger partial charge in [0.1, 0.15) is 0 Å². The lowest BCUT2D eigenvalue weighted by atomic mass is 11.1. The van der Waals surface area contributed by atoms with E-state index in [1.54, 1.807) is 43.3 Å². The van der Waals surface area contributed by atoms with Crippen molar-refractivity contribution < 1.29 is 9.30 Å². The molecule has 4 nitrogen and oxygen atoms in total. The van der Waals surface area contributed by atoms with Crippen LogP contribution in [0.4, 0.5) is 0 Å².